The predicted molar refractivity (Wildman–Crippen MR) is 309 cm³/mol. The molecule has 19 nitrogen and oxygen atoms in total. The molecule has 0 bridgehead atoms. The Hall–Kier alpha value is -7.19. The van der Waals surface area contributed by atoms with Crippen molar-refractivity contribution in [1.29, 1.82) is 0 Å². The zero-order valence-electron chi connectivity index (χ0n) is 48.3. The Kier molecular flexibility index (Phi) is 23.7. The molecule has 8 rings (SSSR count). The number of ether oxygens (including phenoxy) is 10. The first-order valence-corrected chi connectivity index (χ1v) is 29.1. The van der Waals surface area contributed by atoms with Gasteiger partial charge < -0.3 is 57.4 Å². The van der Waals surface area contributed by atoms with Crippen LogP contribution in [-0.2, 0) is 60.5 Å². The molecule has 5 aromatic rings. The smallest absolute Gasteiger partial charge is 0.410 e. The van der Waals surface area contributed by atoms with Crippen LogP contribution in [-0.4, -0.2) is 129 Å². The van der Waals surface area contributed by atoms with E-state index in [-0.39, 0.29) is 61.2 Å². The van der Waals surface area contributed by atoms with Crippen LogP contribution >= 0.6 is 0 Å². The first-order chi connectivity index (χ1) is 40.8. The second-order valence-corrected chi connectivity index (χ2v) is 21.9. The molecule has 3 aliphatic rings. The number of azide groups is 1. The zero-order valence-corrected chi connectivity index (χ0v) is 48.3. The fourth-order valence-electron chi connectivity index (χ4n) is 10.7. The number of carbonyl (C=O) groups is 4. The third-order valence-electron chi connectivity index (χ3n) is 16.4. The second-order valence-electron chi connectivity index (χ2n) is 21.9. The van der Waals surface area contributed by atoms with E-state index in [1.165, 1.54) is 0 Å². The van der Waals surface area contributed by atoms with Gasteiger partial charge in [-0.3, -0.25) is 0 Å². The van der Waals surface area contributed by atoms with Crippen molar-refractivity contribution in [3.05, 3.63) is 190 Å². The molecule has 3 saturated heterocycles. The van der Waals surface area contributed by atoms with Gasteiger partial charge in [-0.2, -0.15) is 0 Å². The number of unbranched alkanes of at least 4 members (excludes halogenated alkanes) is 3. The van der Waals surface area contributed by atoms with Crippen LogP contribution in [0.1, 0.15) is 103 Å². The van der Waals surface area contributed by atoms with Crippen molar-refractivity contribution in [2.75, 3.05) is 33.0 Å². The van der Waals surface area contributed by atoms with E-state index in [9.17, 15) is 29.8 Å². The van der Waals surface area contributed by atoms with Crippen LogP contribution < -0.4 is 0 Å². The lowest BCUT2D eigenvalue weighted by molar-refractivity contribution is -0.337. The standard InChI is InChI=1S/C65H78N4O15/c1-42-43(2)52(39-76-59(71)49-29-17-10-18-30-49)80-62(46(42)5)78-40-53-44(3)45(4)57(83-61(73)51-33-21-12-22-34-51)64(81-53)84-58-55(67-68-66)63(82-54(56(58)70)41-77-60(72)50-31-19-11-20-32-50)75-36-24-7-6-23-35-69(37-47-25-13-8-14-26-47)65(74)79-38-48-27-15-9-16-28-48/h8-22,25-34,42-46,52-58,62-64,70H,6-7,23-24,35-41H2,1-5H3/t42-,43-,44-,45-,46?,52?,53?,54?,55?,56-,57?,58+,62-,63+,64-/m0/s1. The van der Waals surface area contributed by atoms with Gasteiger partial charge in [-0.15, -0.1) is 0 Å². The minimum absolute atomic E-state index is 0.000653. The lowest BCUT2D eigenvalue weighted by Gasteiger charge is -2.48. The summed E-state index contributed by atoms with van der Waals surface area (Å²) < 4.78 is 62.8. The Morgan fingerprint density at radius 3 is 1.62 bits per heavy atom. The van der Waals surface area contributed by atoms with Gasteiger partial charge in [0.2, 0.25) is 0 Å². The topological polar surface area (TPSA) is 233 Å². The lowest BCUT2D eigenvalue weighted by Crippen LogP contribution is -2.63. The summed E-state index contributed by atoms with van der Waals surface area (Å²) in [6, 6.07) is 43.5. The van der Waals surface area contributed by atoms with Crippen LogP contribution in [0.4, 0.5) is 4.79 Å². The van der Waals surface area contributed by atoms with Crippen molar-refractivity contribution in [3.8, 4) is 0 Å². The molecule has 1 amide bonds. The summed E-state index contributed by atoms with van der Waals surface area (Å²) in [5.41, 5.74) is 13.0. The quantitative estimate of drug-likeness (QED) is 0.0135. The van der Waals surface area contributed by atoms with Crippen LogP contribution in [0.2, 0.25) is 0 Å². The molecule has 84 heavy (non-hydrogen) atoms. The van der Waals surface area contributed by atoms with E-state index in [4.69, 9.17) is 47.4 Å². The number of esters is 3. The van der Waals surface area contributed by atoms with Gasteiger partial charge in [-0.1, -0.05) is 168 Å². The summed E-state index contributed by atoms with van der Waals surface area (Å²) >= 11 is 0. The Morgan fingerprint density at radius 1 is 0.524 bits per heavy atom. The predicted octanol–water partition coefficient (Wildman–Crippen LogP) is 11.1. The van der Waals surface area contributed by atoms with Gasteiger partial charge in [0.15, 0.2) is 25.0 Å². The first-order valence-electron chi connectivity index (χ1n) is 29.1. The van der Waals surface area contributed by atoms with Crippen molar-refractivity contribution in [2.24, 2.45) is 34.7 Å². The Bertz CT molecular complexity index is 2870. The average Bonchev–Trinajstić information content (AvgIpc) is 2.20. The number of aliphatic hydroxyl groups excluding tert-OH is 1. The number of benzene rings is 5. The number of nitrogens with zero attached hydrogens (tertiary/aromatic N) is 4. The van der Waals surface area contributed by atoms with Crippen molar-refractivity contribution in [1.82, 2.24) is 4.90 Å². The van der Waals surface area contributed by atoms with Crippen molar-refractivity contribution in [2.45, 2.75) is 135 Å². The SMILES string of the molecule is CC1[C@@H](OCC2O[C@@H](O[C@@H]3C(N=[N+]=[N-])[C@H](OCCCCCCN(Cc4ccccc4)C(=O)OCc4ccccc4)OC(COC(=O)c4ccccc4)[C@@H]3O)C(OC(=O)c3ccccc3)[C@@H](C)[C@@H]2C)OC(COC(=O)c2ccccc2)[C@@H](C)[C@@H]1C. The lowest BCUT2D eigenvalue weighted by atomic mass is 9.79. The molecule has 0 aromatic heterocycles. The third kappa shape index (κ3) is 17.2. The second kappa shape index (κ2) is 31.6. The van der Waals surface area contributed by atoms with Gasteiger partial charge in [-0.05, 0) is 83.7 Å². The van der Waals surface area contributed by atoms with Crippen molar-refractivity contribution < 1.29 is 71.7 Å². The van der Waals surface area contributed by atoms with E-state index in [2.05, 4.69) is 23.9 Å². The van der Waals surface area contributed by atoms with E-state index in [0.29, 0.717) is 37.9 Å². The molecule has 0 aliphatic carbocycles. The zero-order chi connectivity index (χ0) is 59.4. The maximum atomic E-state index is 13.9. The van der Waals surface area contributed by atoms with Crippen LogP contribution in [0.25, 0.3) is 10.4 Å². The van der Waals surface area contributed by atoms with Crippen LogP contribution in [0.3, 0.4) is 0 Å². The maximum absolute atomic E-state index is 13.9. The van der Waals surface area contributed by atoms with Gasteiger partial charge >= 0.3 is 24.0 Å². The van der Waals surface area contributed by atoms with Gasteiger partial charge in [0.05, 0.1) is 35.5 Å². The molecule has 1 N–H and O–H groups in total. The summed E-state index contributed by atoms with van der Waals surface area (Å²) in [5.74, 6) is -2.47. The molecule has 3 fully saturated rings. The maximum Gasteiger partial charge on any atom is 0.410 e. The molecule has 5 aromatic carbocycles. The molecular weight excluding hydrogens is 1080 g/mol. The summed E-state index contributed by atoms with van der Waals surface area (Å²) in [4.78, 5) is 58.4. The van der Waals surface area contributed by atoms with Gasteiger partial charge in [0.1, 0.15) is 44.2 Å². The Balaban J connectivity index is 0.966. The van der Waals surface area contributed by atoms with Crippen LogP contribution in [0.5, 0.6) is 0 Å². The largest absolute Gasteiger partial charge is 0.459 e. The van der Waals surface area contributed by atoms with Crippen molar-refractivity contribution >= 4 is 24.0 Å². The molecule has 448 valence electrons. The number of rotatable bonds is 26. The summed E-state index contributed by atoms with van der Waals surface area (Å²) in [6.45, 7) is 10.7. The number of aliphatic hydroxyl groups is 1. The average molecular weight is 1160 g/mol. The number of hydrogen-bond donors (Lipinski definition) is 1. The van der Waals surface area contributed by atoms with Gasteiger partial charge in [0, 0.05) is 36.4 Å². The normalized spacial score (nSPS) is 27.5. The minimum Gasteiger partial charge on any atom is -0.459 e. The number of hydrogen-bond acceptors (Lipinski definition) is 16. The number of amides is 1. The molecule has 0 saturated carbocycles. The molecular formula is C65H78N4O15. The molecule has 0 spiro atoms. The molecule has 0 radical (unpaired) electrons. The molecule has 3 aliphatic heterocycles. The third-order valence-corrected chi connectivity index (χ3v) is 16.4. The van der Waals surface area contributed by atoms with E-state index in [0.717, 1.165) is 17.5 Å². The van der Waals surface area contributed by atoms with E-state index in [1.54, 1.807) is 89.8 Å². The van der Waals surface area contributed by atoms with E-state index >= 15 is 0 Å². The fraction of sp³-hybridized carbons (Fsp3) is 0.477. The van der Waals surface area contributed by atoms with Crippen LogP contribution in [0, 0.1) is 29.6 Å². The summed E-state index contributed by atoms with van der Waals surface area (Å²) in [5, 5.41) is 16.4. The highest BCUT2D eigenvalue weighted by atomic mass is 16.7. The van der Waals surface area contributed by atoms with Gasteiger partial charge in [0.25, 0.3) is 0 Å². The van der Waals surface area contributed by atoms with Crippen LogP contribution in [0.15, 0.2) is 157 Å². The summed E-state index contributed by atoms with van der Waals surface area (Å²) in [6.07, 6.45) is -7.82. The molecule has 3 heterocycles. The first kappa shape index (κ1) is 62.8. The van der Waals surface area contributed by atoms with Gasteiger partial charge in [-0.25, -0.2) is 19.2 Å². The van der Waals surface area contributed by atoms with E-state index in [1.807, 2.05) is 87.5 Å². The Morgan fingerprint density at radius 2 is 1.02 bits per heavy atom. The molecule has 19 heteroatoms. The fourth-order valence-corrected chi connectivity index (χ4v) is 10.7. The summed E-state index contributed by atoms with van der Waals surface area (Å²) in [7, 11) is 0. The monoisotopic (exact) mass is 1150 g/mol. The Labute approximate surface area is 491 Å². The number of carbonyl (C=O) groups excluding carboxylic acids is 4. The minimum atomic E-state index is -1.62. The molecule has 6 unspecified atom stereocenters. The van der Waals surface area contributed by atoms with E-state index < -0.39 is 98.1 Å². The highest BCUT2D eigenvalue weighted by molar-refractivity contribution is 5.90. The van der Waals surface area contributed by atoms with Crippen molar-refractivity contribution in [3.63, 3.8) is 0 Å². The highest BCUT2D eigenvalue weighted by Crippen LogP contribution is 2.40. The highest BCUT2D eigenvalue weighted by Gasteiger charge is 2.52. The molecule has 15 atom stereocenters.